The Balaban J connectivity index is 2.11. The molecule has 0 spiro atoms. The van der Waals surface area contributed by atoms with E-state index in [2.05, 4.69) is 11.9 Å². The number of benzene rings is 1. The first-order valence-corrected chi connectivity index (χ1v) is 6.67. The fourth-order valence-electron chi connectivity index (χ4n) is 1.79. The molecule has 0 amide bonds. The van der Waals surface area contributed by atoms with Gasteiger partial charge in [0, 0.05) is 5.56 Å². The van der Waals surface area contributed by atoms with Crippen molar-refractivity contribution in [2.45, 2.75) is 26.7 Å². The third-order valence-electron chi connectivity index (χ3n) is 3.04. The zero-order chi connectivity index (χ0) is 13.7. The van der Waals surface area contributed by atoms with E-state index in [9.17, 15) is 0 Å². The summed E-state index contributed by atoms with van der Waals surface area (Å²) in [6.07, 6.45) is 2.23. The average Bonchev–Trinajstić information content (AvgIpc) is 2.43. The Morgan fingerprint density at radius 1 is 1.11 bits per heavy atom. The molecule has 0 atom stereocenters. The average molecular weight is 256 g/mol. The van der Waals surface area contributed by atoms with E-state index in [1.807, 2.05) is 43.3 Å². The molecule has 1 aromatic heterocycles. The molecule has 2 aromatic rings. The third kappa shape index (κ3) is 3.47. The second kappa shape index (κ2) is 6.23. The van der Waals surface area contributed by atoms with E-state index in [1.165, 1.54) is 0 Å². The molecule has 3 heteroatoms. The molecule has 3 nitrogen and oxygen atoms in total. The van der Waals surface area contributed by atoms with Gasteiger partial charge in [-0.05, 0) is 49.7 Å². The zero-order valence-electron chi connectivity index (χ0n) is 11.5. The van der Waals surface area contributed by atoms with Crippen LogP contribution < -0.4 is 10.5 Å². The second-order valence-corrected chi connectivity index (χ2v) is 4.60. The van der Waals surface area contributed by atoms with Crippen LogP contribution in [-0.4, -0.2) is 11.6 Å². The van der Waals surface area contributed by atoms with E-state index in [0.29, 0.717) is 0 Å². The van der Waals surface area contributed by atoms with Crippen molar-refractivity contribution in [3.63, 3.8) is 0 Å². The van der Waals surface area contributed by atoms with Crippen LogP contribution in [0.5, 0.6) is 5.75 Å². The van der Waals surface area contributed by atoms with Crippen LogP contribution in [0.2, 0.25) is 0 Å². The van der Waals surface area contributed by atoms with Gasteiger partial charge in [-0.25, -0.2) is 0 Å². The van der Waals surface area contributed by atoms with Crippen LogP contribution in [-0.2, 0) is 0 Å². The molecule has 0 saturated carbocycles. The van der Waals surface area contributed by atoms with Crippen LogP contribution in [0.1, 0.15) is 25.5 Å². The topological polar surface area (TPSA) is 48.1 Å². The molecule has 2 N–H and O–H groups in total. The lowest BCUT2D eigenvalue weighted by atomic mass is 10.1. The Labute approximate surface area is 114 Å². The lowest BCUT2D eigenvalue weighted by molar-refractivity contribution is 0.309. The maximum absolute atomic E-state index is 5.78. The lowest BCUT2D eigenvalue weighted by Crippen LogP contribution is -1.96. The number of nitrogen functional groups attached to an aromatic ring is 1. The van der Waals surface area contributed by atoms with Crippen molar-refractivity contribution in [3.8, 4) is 17.0 Å². The number of anilines is 1. The maximum atomic E-state index is 5.78. The molecule has 0 radical (unpaired) electrons. The molecule has 0 bridgehead atoms. The van der Waals surface area contributed by atoms with Gasteiger partial charge in [0.1, 0.15) is 5.75 Å². The summed E-state index contributed by atoms with van der Waals surface area (Å²) in [5, 5.41) is 0. The normalized spacial score (nSPS) is 10.4. The molecule has 2 rings (SSSR count). The number of nitrogens with two attached hydrogens (primary N) is 1. The highest BCUT2D eigenvalue weighted by atomic mass is 16.5. The van der Waals surface area contributed by atoms with Crippen molar-refractivity contribution in [1.29, 1.82) is 0 Å². The Kier molecular flexibility index (Phi) is 4.39. The molecule has 1 aromatic carbocycles. The van der Waals surface area contributed by atoms with E-state index in [4.69, 9.17) is 10.5 Å². The van der Waals surface area contributed by atoms with Gasteiger partial charge >= 0.3 is 0 Å². The van der Waals surface area contributed by atoms with Crippen molar-refractivity contribution in [3.05, 3.63) is 42.1 Å². The first-order valence-electron chi connectivity index (χ1n) is 6.67. The van der Waals surface area contributed by atoms with Crippen molar-refractivity contribution in [2.24, 2.45) is 0 Å². The molecule has 0 aliphatic carbocycles. The van der Waals surface area contributed by atoms with Crippen LogP contribution in [0.4, 0.5) is 5.69 Å². The summed E-state index contributed by atoms with van der Waals surface area (Å²) >= 11 is 0. The van der Waals surface area contributed by atoms with Gasteiger partial charge in [0.25, 0.3) is 0 Å². The van der Waals surface area contributed by atoms with Crippen molar-refractivity contribution < 1.29 is 4.74 Å². The van der Waals surface area contributed by atoms with Crippen LogP contribution in [0.15, 0.2) is 36.4 Å². The van der Waals surface area contributed by atoms with Gasteiger partial charge in [0.15, 0.2) is 0 Å². The summed E-state index contributed by atoms with van der Waals surface area (Å²) < 4.78 is 5.64. The Morgan fingerprint density at radius 2 is 1.84 bits per heavy atom. The van der Waals surface area contributed by atoms with Gasteiger partial charge in [-0.3, -0.25) is 4.98 Å². The smallest absolute Gasteiger partial charge is 0.119 e. The van der Waals surface area contributed by atoms with Crippen LogP contribution in [0, 0.1) is 6.92 Å². The lowest BCUT2D eigenvalue weighted by Gasteiger charge is -2.07. The first-order chi connectivity index (χ1) is 9.20. The number of nitrogens with zero attached hydrogens (tertiary/aromatic N) is 1. The summed E-state index contributed by atoms with van der Waals surface area (Å²) in [5.41, 5.74) is 9.38. The largest absolute Gasteiger partial charge is 0.494 e. The van der Waals surface area contributed by atoms with Gasteiger partial charge < -0.3 is 10.5 Å². The minimum atomic E-state index is 0.725. The van der Waals surface area contributed by atoms with E-state index < -0.39 is 0 Å². The number of hydrogen-bond acceptors (Lipinski definition) is 3. The number of aryl methyl sites for hydroxylation is 1. The molecule has 0 aliphatic heterocycles. The molecular weight excluding hydrogens is 236 g/mol. The standard InChI is InChI=1S/C16H20N2O/c1-3-4-11-19-14-7-5-13(6-8-14)16-10-9-15(17)12(2)18-16/h5-10H,3-4,11,17H2,1-2H3. The summed E-state index contributed by atoms with van der Waals surface area (Å²) in [7, 11) is 0. The van der Waals surface area contributed by atoms with Crippen molar-refractivity contribution in [2.75, 3.05) is 12.3 Å². The zero-order valence-corrected chi connectivity index (χ0v) is 11.5. The molecule has 0 saturated heterocycles. The number of pyridine rings is 1. The highest BCUT2D eigenvalue weighted by Crippen LogP contribution is 2.22. The maximum Gasteiger partial charge on any atom is 0.119 e. The summed E-state index contributed by atoms with van der Waals surface area (Å²) in [4.78, 5) is 4.48. The van der Waals surface area contributed by atoms with Gasteiger partial charge in [0.05, 0.1) is 23.7 Å². The van der Waals surface area contributed by atoms with E-state index in [0.717, 1.165) is 47.8 Å². The minimum Gasteiger partial charge on any atom is -0.494 e. The fraction of sp³-hybridized carbons (Fsp3) is 0.312. The molecule has 1 heterocycles. The fourth-order valence-corrected chi connectivity index (χ4v) is 1.79. The monoisotopic (exact) mass is 256 g/mol. The predicted octanol–water partition coefficient (Wildman–Crippen LogP) is 3.82. The van der Waals surface area contributed by atoms with Crippen molar-refractivity contribution >= 4 is 5.69 Å². The van der Waals surface area contributed by atoms with Gasteiger partial charge in [-0.2, -0.15) is 0 Å². The van der Waals surface area contributed by atoms with E-state index >= 15 is 0 Å². The van der Waals surface area contributed by atoms with Gasteiger partial charge in [-0.15, -0.1) is 0 Å². The van der Waals surface area contributed by atoms with Gasteiger partial charge in [-0.1, -0.05) is 13.3 Å². The number of aromatic nitrogens is 1. The number of hydrogen-bond donors (Lipinski definition) is 1. The van der Waals surface area contributed by atoms with Gasteiger partial charge in [0.2, 0.25) is 0 Å². The predicted molar refractivity (Wildman–Crippen MR) is 79.2 cm³/mol. The second-order valence-electron chi connectivity index (χ2n) is 4.60. The molecule has 0 aliphatic rings. The Bertz CT molecular complexity index is 535. The minimum absolute atomic E-state index is 0.725. The van der Waals surface area contributed by atoms with E-state index in [-0.39, 0.29) is 0 Å². The molecule has 100 valence electrons. The number of unbranched alkanes of at least 4 members (excludes halogenated alkanes) is 1. The molecule has 0 unspecified atom stereocenters. The Hall–Kier alpha value is -2.03. The number of rotatable bonds is 5. The SMILES string of the molecule is CCCCOc1ccc(-c2ccc(N)c(C)n2)cc1. The molecule has 0 fully saturated rings. The highest BCUT2D eigenvalue weighted by Gasteiger charge is 2.02. The third-order valence-corrected chi connectivity index (χ3v) is 3.04. The summed E-state index contributed by atoms with van der Waals surface area (Å²) in [5.74, 6) is 0.907. The molecular formula is C16H20N2O. The number of ether oxygens (including phenoxy) is 1. The first kappa shape index (κ1) is 13.4. The Morgan fingerprint density at radius 3 is 2.47 bits per heavy atom. The summed E-state index contributed by atoms with van der Waals surface area (Å²) in [6.45, 7) is 4.84. The van der Waals surface area contributed by atoms with E-state index in [1.54, 1.807) is 0 Å². The van der Waals surface area contributed by atoms with Crippen LogP contribution in [0.3, 0.4) is 0 Å². The van der Waals surface area contributed by atoms with Crippen LogP contribution in [0.25, 0.3) is 11.3 Å². The van der Waals surface area contributed by atoms with Crippen LogP contribution >= 0.6 is 0 Å². The van der Waals surface area contributed by atoms with Crippen molar-refractivity contribution in [1.82, 2.24) is 4.98 Å². The molecule has 19 heavy (non-hydrogen) atoms. The highest BCUT2D eigenvalue weighted by molar-refractivity contribution is 5.62. The quantitative estimate of drug-likeness (QED) is 0.827. The summed E-state index contributed by atoms with van der Waals surface area (Å²) in [6, 6.07) is 11.9.